The van der Waals surface area contributed by atoms with Gasteiger partial charge in [-0.3, -0.25) is 4.79 Å². The molecule has 1 aromatic carbocycles. The molecule has 1 saturated heterocycles. The summed E-state index contributed by atoms with van der Waals surface area (Å²) in [5, 5.41) is 6.21. The second kappa shape index (κ2) is 5.88. The zero-order valence-corrected chi connectivity index (χ0v) is 11.1. The molecule has 1 aliphatic rings. The predicted molar refractivity (Wildman–Crippen MR) is 76.2 cm³/mol. The third-order valence-corrected chi connectivity index (χ3v) is 3.54. The average Bonchev–Trinajstić information content (AvgIpc) is 3.03. The first-order chi connectivity index (χ1) is 9.83. The van der Waals surface area contributed by atoms with Crippen molar-refractivity contribution in [1.29, 1.82) is 0 Å². The van der Waals surface area contributed by atoms with Crippen molar-refractivity contribution >= 4 is 11.6 Å². The monoisotopic (exact) mass is 271 g/mol. The molecule has 1 atom stereocenters. The molecule has 0 spiro atoms. The molecule has 1 amide bonds. The third-order valence-electron chi connectivity index (χ3n) is 3.54. The van der Waals surface area contributed by atoms with E-state index < -0.39 is 0 Å². The van der Waals surface area contributed by atoms with Gasteiger partial charge < -0.3 is 15.1 Å². The van der Waals surface area contributed by atoms with Gasteiger partial charge in [-0.15, -0.1) is 0 Å². The highest BCUT2D eigenvalue weighted by molar-refractivity contribution is 5.93. The number of oxazole rings is 1. The van der Waals surface area contributed by atoms with Gasteiger partial charge in [0.2, 0.25) is 5.91 Å². The molecule has 0 saturated carbocycles. The first-order valence-electron chi connectivity index (χ1n) is 6.83. The lowest BCUT2D eigenvalue weighted by Crippen LogP contribution is -2.37. The Kier molecular flexibility index (Phi) is 3.78. The lowest BCUT2D eigenvalue weighted by Gasteiger charge is -2.21. The summed E-state index contributed by atoms with van der Waals surface area (Å²) in [6, 6.07) is 7.59. The minimum absolute atomic E-state index is 0.0673. The van der Waals surface area contributed by atoms with E-state index >= 15 is 0 Å². The van der Waals surface area contributed by atoms with Crippen molar-refractivity contribution in [2.24, 2.45) is 5.92 Å². The molecule has 1 fully saturated rings. The zero-order valence-electron chi connectivity index (χ0n) is 11.1. The quantitative estimate of drug-likeness (QED) is 0.898. The molecule has 3 rings (SSSR count). The van der Waals surface area contributed by atoms with Crippen molar-refractivity contribution in [3.8, 4) is 11.3 Å². The van der Waals surface area contributed by atoms with Crippen LogP contribution < -0.4 is 10.6 Å². The van der Waals surface area contributed by atoms with Crippen molar-refractivity contribution in [3.63, 3.8) is 0 Å². The van der Waals surface area contributed by atoms with Crippen LogP contribution in [0.15, 0.2) is 41.3 Å². The van der Waals surface area contributed by atoms with Crippen LogP contribution >= 0.6 is 0 Å². The maximum Gasteiger partial charge on any atom is 0.228 e. The van der Waals surface area contributed by atoms with Crippen molar-refractivity contribution in [1.82, 2.24) is 10.3 Å². The fourth-order valence-corrected chi connectivity index (χ4v) is 2.40. The fourth-order valence-electron chi connectivity index (χ4n) is 2.40. The number of hydrogen-bond acceptors (Lipinski definition) is 4. The van der Waals surface area contributed by atoms with E-state index in [2.05, 4.69) is 15.6 Å². The van der Waals surface area contributed by atoms with Crippen LogP contribution in [0.5, 0.6) is 0 Å². The van der Waals surface area contributed by atoms with Crippen molar-refractivity contribution in [2.45, 2.75) is 12.8 Å². The van der Waals surface area contributed by atoms with E-state index in [0.29, 0.717) is 0 Å². The van der Waals surface area contributed by atoms with E-state index in [9.17, 15) is 4.79 Å². The summed E-state index contributed by atoms with van der Waals surface area (Å²) in [6.07, 6.45) is 5.08. The first kappa shape index (κ1) is 12.9. The molecule has 104 valence electrons. The summed E-state index contributed by atoms with van der Waals surface area (Å²) < 4.78 is 5.23. The number of nitrogens with zero attached hydrogens (tertiary/aromatic N) is 1. The molecule has 5 nitrogen and oxygen atoms in total. The summed E-state index contributed by atoms with van der Waals surface area (Å²) in [4.78, 5) is 16.0. The van der Waals surface area contributed by atoms with Crippen LogP contribution in [0, 0.1) is 5.92 Å². The van der Waals surface area contributed by atoms with E-state index in [-0.39, 0.29) is 11.8 Å². The Balaban J connectivity index is 1.64. The molecule has 0 bridgehead atoms. The molecule has 0 unspecified atom stereocenters. The van der Waals surface area contributed by atoms with Crippen LogP contribution in [0.1, 0.15) is 12.8 Å². The number of piperidine rings is 1. The Morgan fingerprint density at radius 3 is 2.85 bits per heavy atom. The minimum atomic E-state index is 0.0673. The molecule has 2 aromatic rings. The fraction of sp³-hybridized carbons (Fsp3) is 0.333. The number of rotatable bonds is 3. The normalized spacial score (nSPS) is 18.7. The van der Waals surface area contributed by atoms with E-state index in [1.165, 1.54) is 6.39 Å². The number of anilines is 1. The number of nitrogens with one attached hydrogen (secondary N) is 2. The zero-order chi connectivity index (χ0) is 13.8. The van der Waals surface area contributed by atoms with Crippen LogP contribution in [0.4, 0.5) is 5.69 Å². The maximum absolute atomic E-state index is 12.1. The Morgan fingerprint density at radius 1 is 1.35 bits per heavy atom. The highest BCUT2D eigenvalue weighted by Gasteiger charge is 2.20. The molecular weight excluding hydrogens is 254 g/mol. The van der Waals surface area contributed by atoms with Gasteiger partial charge in [0.05, 0.1) is 12.1 Å². The molecule has 0 aliphatic carbocycles. The maximum atomic E-state index is 12.1. The Morgan fingerprint density at radius 2 is 2.20 bits per heavy atom. The average molecular weight is 271 g/mol. The van der Waals surface area contributed by atoms with Gasteiger partial charge in [0, 0.05) is 17.8 Å². The minimum Gasteiger partial charge on any atom is -0.444 e. The van der Waals surface area contributed by atoms with Gasteiger partial charge in [-0.1, -0.05) is 0 Å². The topological polar surface area (TPSA) is 67.2 Å². The predicted octanol–water partition coefficient (Wildman–Crippen LogP) is 2.28. The summed E-state index contributed by atoms with van der Waals surface area (Å²) in [6.45, 7) is 1.78. The van der Waals surface area contributed by atoms with Gasteiger partial charge in [0.15, 0.2) is 12.2 Å². The van der Waals surface area contributed by atoms with Crippen LogP contribution in [-0.4, -0.2) is 24.0 Å². The molecule has 20 heavy (non-hydrogen) atoms. The third kappa shape index (κ3) is 2.88. The van der Waals surface area contributed by atoms with Crippen LogP contribution in [-0.2, 0) is 4.79 Å². The summed E-state index contributed by atoms with van der Waals surface area (Å²) in [5.74, 6) is 0.877. The van der Waals surface area contributed by atoms with Gasteiger partial charge in [0.25, 0.3) is 0 Å². The Hall–Kier alpha value is -2.14. The second-order valence-electron chi connectivity index (χ2n) is 4.98. The SMILES string of the molecule is O=C(Nc1ccc(-c2cnco2)cc1)[C@@H]1CCCNC1. The standard InChI is InChI=1S/C15H17N3O2/c19-15(12-2-1-7-16-8-12)18-13-5-3-11(4-6-13)14-9-17-10-20-14/h3-6,9-10,12,16H,1-2,7-8H2,(H,18,19)/t12-/m1/s1. The number of benzene rings is 1. The molecule has 2 N–H and O–H groups in total. The molecule has 0 radical (unpaired) electrons. The lowest BCUT2D eigenvalue weighted by atomic mass is 9.99. The number of amides is 1. The van der Waals surface area contributed by atoms with Crippen molar-refractivity contribution in [2.75, 3.05) is 18.4 Å². The Labute approximate surface area is 117 Å². The summed E-state index contributed by atoms with van der Waals surface area (Å²) >= 11 is 0. The lowest BCUT2D eigenvalue weighted by molar-refractivity contribution is -0.120. The largest absolute Gasteiger partial charge is 0.444 e. The van der Waals surface area contributed by atoms with Crippen molar-refractivity contribution < 1.29 is 9.21 Å². The van der Waals surface area contributed by atoms with Crippen LogP contribution in [0.3, 0.4) is 0 Å². The van der Waals surface area contributed by atoms with Gasteiger partial charge in [-0.25, -0.2) is 4.98 Å². The smallest absolute Gasteiger partial charge is 0.228 e. The number of hydrogen-bond donors (Lipinski definition) is 2. The van der Waals surface area contributed by atoms with Crippen LogP contribution in [0.2, 0.25) is 0 Å². The van der Waals surface area contributed by atoms with E-state index in [1.807, 2.05) is 24.3 Å². The van der Waals surface area contributed by atoms with Gasteiger partial charge in [0.1, 0.15) is 0 Å². The first-order valence-corrected chi connectivity index (χ1v) is 6.83. The molecule has 2 heterocycles. The Bertz CT molecular complexity index is 557. The van der Waals surface area contributed by atoms with Crippen molar-refractivity contribution in [3.05, 3.63) is 36.9 Å². The second-order valence-corrected chi connectivity index (χ2v) is 4.98. The van der Waals surface area contributed by atoms with Crippen LogP contribution in [0.25, 0.3) is 11.3 Å². The highest BCUT2D eigenvalue weighted by Crippen LogP contribution is 2.21. The summed E-state index contributed by atoms with van der Waals surface area (Å²) in [5.41, 5.74) is 1.75. The molecular formula is C15H17N3O2. The van der Waals surface area contributed by atoms with E-state index in [0.717, 1.165) is 42.9 Å². The van der Waals surface area contributed by atoms with Gasteiger partial charge in [-0.05, 0) is 43.7 Å². The van der Waals surface area contributed by atoms with E-state index in [4.69, 9.17) is 4.42 Å². The highest BCUT2D eigenvalue weighted by atomic mass is 16.3. The van der Waals surface area contributed by atoms with Gasteiger partial charge in [-0.2, -0.15) is 0 Å². The van der Waals surface area contributed by atoms with E-state index in [1.54, 1.807) is 6.20 Å². The molecule has 5 heteroatoms. The number of carbonyl (C=O) groups is 1. The summed E-state index contributed by atoms with van der Waals surface area (Å²) in [7, 11) is 0. The number of aromatic nitrogens is 1. The van der Waals surface area contributed by atoms with Gasteiger partial charge >= 0.3 is 0 Å². The molecule has 1 aromatic heterocycles. The molecule has 1 aliphatic heterocycles. The number of carbonyl (C=O) groups excluding carboxylic acids is 1.